The molecule has 2 aromatic rings. The van der Waals surface area contributed by atoms with Crippen molar-refractivity contribution < 1.29 is 9.15 Å². The van der Waals surface area contributed by atoms with Crippen molar-refractivity contribution >= 4 is 5.90 Å². The zero-order chi connectivity index (χ0) is 16.7. The van der Waals surface area contributed by atoms with E-state index in [4.69, 9.17) is 9.15 Å². The summed E-state index contributed by atoms with van der Waals surface area (Å²) in [5, 5.41) is 12.8. The summed E-state index contributed by atoms with van der Waals surface area (Å²) in [5.74, 6) is 4.08. The lowest BCUT2D eigenvalue weighted by molar-refractivity contribution is 0.275. The van der Waals surface area contributed by atoms with Crippen molar-refractivity contribution in [3.05, 3.63) is 47.4 Å². The molecule has 0 saturated heterocycles. The Morgan fingerprint density at radius 1 is 1.29 bits per heavy atom. The third-order valence-corrected chi connectivity index (χ3v) is 4.16. The van der Waals surface area contributed by atoms with Crippen LogP contribution < -0.4 is 5.43 Å². The average Bonchev–Trinajstić information content (AvgIpc) is 3.26. The lowest BCUT2D eigenvalue weighted by atomic mass is 10.2. The number of aromatic nitrogens is 3. The molecule has 0 aliphatic carbocycles. The van der Waals surface area contributed by atoms with Crippen LogP contribution >= 0.6 is 0 Å². The van der Waals surface area contributed by atoms with Gasteiger partial charge in [-0.1, -0.05) is 13.8 Å². The summed E-state index contributed by atoms with van der Waals surface area (Å²) in [4.78, 5) is 2.14. The van der Waals surface area contributed by atoms with Crippen LogP contribution in [-0.4, -0.2) is 32.1 Å². The smallest absolute Gasteiger partial charge is 0.281 e. The Labute approximate surface area is 139 Å². The van der Waals surface area contributed by atoms with Gasteiger partial charge in [-0.2, -0.15) is 0 Å². The molecule has 0 saturated carbocycles. The largest absolute Gasteiger partial charge is 0.459 e. The summed E-state index contributed by atoms with van der Waals surface area (Å²) < 4.78 is 13.3. The van der Waals surface area contributed by atoms with Gasteiger partial charge in [0.25, 0.3) is 5.90 Å². The van der Waals surface area contributed by atoms with Crippen molar-refractivity contribution in [2.45, 2.75) is 39.8 Å². The Balaban J connectivity index is 1.45. The molecule has 0 bridgehead atoms. The van der Waals surface area contributed by atoms with Crippen LogP contribution in [0.2, 0.25) is 0 Å². The van der Waals surface area contributed by atoms with Crippen molar-refractivity contribution in [1.82, 2.24) is 25.1 Å². The molecule has 0 radical (unpaired) electrons. The number of ether oxygens (including phenoxy) is 1. The Bertz CT molecular complexity index is 816. The molecule has 4 heterocycles. The van der Waals surface area contributed by atoms with E-state index in [9.17, 15) is 0 Å². The number of hydrazone groups is 1. The summed E-state index contributed by atoms with van der Waals surface area (Å²) in [7, 11) is 0. The lowest BCUT2D eigenvalue weighted by Gasteiger charge is -2.27. The van der Waals surface area contributed by atoms with Crippen LogP contribution in [0.4, 0.5) is 0 Å². The van der Waals surface area contributed by atoms with Gasteiger partial charge in [0, 0.05) is 24.6 Å². The van der Waals surface area contributed by atoms with Crippen LogP contribution in [0.15, 0.2) is 33.9 Å². The van der Waals surface area contributed by atoms with Gasteiger partial charge in [-0.3, -0.25) is 0 Å². The first-order valence-corrected chi connectivity index (χ1v) is 8.05. The lowest BCUT2D eigenvalue weighted by Crippen LogP contribution is -2.31. The summed E-state index contributed by atoms with van der Waals surface area (Å²) in [6.07, 6.45) is 3.55. The molecule has 8 nitrogen and oxygen atoms in total. The molecular formula is C16H20N6O2. The topological polar surface area (TPSA) is 80.7 Å². The van der Waals surface area contributed by atoms with Crippen LogP contribution in [0, 0.1) is 6.92 Å². The number of nitrogens with zero attached hydrogens (tertiary/aromatic N) is 5. The highest BCUT2D eigenvalue weighted by atomic mass is 16.5. The minimum Gasteiger partial charge on any atom is -0.459 e. The first-order valence-electron chi connectivity index (χ1n) is 8.05. The Morgan fingerprint density at radius 3 is 2.92 bits per heavy atom. The second-order valence-corrected chi connectivity index (χ2v) is 6.31. The standard InChI is InChI=1S/C16H20N6O2/c1-10(2)15-19-17-12-8-21(5-6-22(12)15)9-13-18-20-16(24-13)14-11(3)4-7-23-14/h4,7,9-10,18H,5-6,8H2,1-3H3. The van der Waals surface area contributed by atoms with Crippen LogP contribution in [-0.2, 0) is 17.8 Å². The van der Waals surface area contributed by atoms with E-state index < -0.39 is 0 Å². The van der Waals surface area contributed by atoms with Crippen molar-refractivity contribution in [3.8, 4) is 0 Å². The minimum absolute atomic E-state index is 0.378. The number of rotatable bonds is 3. The number of furan rings is 1. The minimum atomic E-state index is 0.378. The van der Waals surface area contributed by atoms with E-state index in [-0.39, 0.29) is 0 Å². The molecule has 2 aliphatic rings. The SMILES string of the molecule is Cc1ccoc1C1=NNC(=CN2CCn3c(nnc3C(C)C)C2)O1. The normalized spacial score (nSPS) is 18.6. The first-order chi connectivity index (χ1) is 11.6. The van der Waals surface area contributed by atoms with Gasteiger partial charge in [0.15, 0.2) is 11.6 Å². The molecule has 0 amide bonds. The molecule has 2 aliphatic heterocycles. The van der Waals surface area contributed by atoms with Crippen molar-refractivity contribution in [2.75, 3.05) is 6.54 Å². The highest BCUT2D eigenvalue weighted by molar-refractivity contribution is 5.94. The predicted molar refractivity (Wildman–Crippen MR) is 86.8 cm³/mol. The van der Waals surface area contributed by atoms with E-state index in [0.717, 1.165) is 30.3 Å². The highest BCUT2D eigenvalue weighted by Gasteiger charge is 2.24. The number of hydrogen-bond donors (Lipinski definition) is 1. The van der Waals surface area contributed by atoms with Crippen LogP contribution in [0.1, 0.15) is 42.7 Å². The molecule has 0 atom stereocenters. The fourth-order valence-electron chi connectivity index (χ4n) is 2.90. The quantitative estimate of drug-likeness (QED) is 0.927. The second-order valence-electron chi connectivity index (χ2n) is 6.31. The first kappa shape index (κ1) is 14.8. The molecule has 0 fully saturated rings. The summed E-state index contributed by atoms with van der Waals surface area (Å²) in [6, 6.07) is 1.88. The third kappa shape index (κ3) is 2.53. The molecule has 0 aromatic carbocycles. The van der Waals surface area contributed by atoms with Gasteiger partial charge < -0.3 is 18.6 Å². The maximum atomic E-state index is 5.74. The van der Waals surface area contributed by atoms with E-state index in [1.54, 1.807) is 6.26 Å². The van der Waals surface area contributed by atoms with Crippen molar-refractivity contribution in [1.29, 1.82) is 0 Å². The maximum absolute atomic E-state index is 5.74. The highest BCUT2D eigenvalue weighted by Crippen LogP contribution is 2.20. The summed E-state index contributed by atoms with van der Waals surface area (Å²) in [5.41, 5.74) is 3.89. The van der Waals surface area contributed by atoms with Gasteiger partial charge in [-0.25, -0.2) is 5.43 Å². The average molecular weight is 328 g/mol. The van der Waals surface area contributed by atoms with E-state index in [0.29, 0.717) is 30.0 Å². The number of hydrogen-bond acceptors (Lipinski definition) is 7. The molecule has 0 spiro atoms. The predicted octanol–water partition coefficient (Wildman–Crippen LogP) is 1.90. The Morgan fingerprint density at radius 2 is 2.17 bits per heavy atom. The molecule has 1 N–H and O–H groups in total. The second kappa shape index (κ2) is 5.70. The van der Waals surface area contributed by atoms with E-state index in [1.807, 2.05) is 19.2 Å². The van der Waals surface area contributed by atoms with Crippen molar-refractivity contribution in [2.24, 2.45) is 5.10 Å². The van der Waals surface area contributed by atoms with Gasteiger partial charge >= 0.3 is 0 Å². The van der Waals surface area contributed by atoms with Gasteiger partial charge in [0.2, 0.25) is 5.88 Å². The van der Waals surface area contributed by atoms with Crippen LogP contribution in [0.25, 0.3) is 0 Å². The monoisotopic (exact) mass is 328 g/mol. The van der Waals surface area contributed by atoms with Gasteiger partial charge in [0.1, 0.15) is 5.82 Å². The number of fused-ring (bicyclic) bond motifs is 1. The molecule has 0 unspecified atom stereocenters. The Hall–Kier alpha value is -2.77. The number of nitrogens with one attached hydrogen (secondary N) is 1. The molecule has 2 aromatic heterocycles. The van der Waals surface area contributed by atoms with Crippen LogP contribution in [0.5, 0.6) is 0 Å². The number of aryl methyl sites for hydroxylation is 1. The van der Waals surface area contributed by atoms with Crippen LogP contribution in [0.3, 0.4) is 0 Å². The molecule has 24 heavy (non-hydrogen) atoms. The van der Waals surface area contributed by atoms with Gasteiger partial charge in [-0.05, 0) is 13.0 Å². The van der Waals surface area contributed by atoms with E-state index in [1.165, 1.54) is 0 Å². The van der Waals surface area contributed by atoms with E-state index in [2.05, 4.69) is 44.0 Å². The molecule has 8 heteroatoms. The zero-order valence-electron chi connectivity index (χ0n) is 14.0. The molecule has 4 rings (SSSR count). The maximum Gasteiger partial charge on any atom is 0.281 e. The molecule has 126 valence electrons. The Kier molecular flexibility index (Phi) is 3.51. The summed E-state index contributed by atoms with van der Waals surface area (Å²) in [6.45, 7) is 8.66. The third-order valence-electron chi connectivity index (χ3n) is 4.16. The fraction of sp³-hybridized carbons (Fsp3) is 0.438. The van der Waals surface area contributed by atoms with Crippen molar-refractivity contribution in [3.63, 3.8) is 0 Å². The zero-order valence-corrected chi connectivity index (χ0v) is 14.0. The fourth-order valence-corrected chi connectivity index (χ4v) is 2.90. The van der Waals surface area contributed by atoms with Gasteiger partial charge in [-0.15, -0.1) is 15.3 Å². The molecular weight excluding hydrogens is 308 g/mol. The summed E-state index contributed by atoms with van der Waals surface area (Å²) >= 11 is 0. The van der Waals surface area contributed by atoms with E-state index >= 15 is 0 Å². The van der Waals surface area contributed by atoms with Gasteiger partial charge in [0.05, 0.1) is 19.0 Å².